The van der Waals surface area contributed by atoms with Crippen LogP contribution in [-0.4, -0.2) is 23.6 Å². The molecule has 0 aliphatic heterocycles. The summed E-state index contributed by atoms with van der Waals surface area (Å²) in [5, 5.41) is 0. The molecule has 1 aromatic carbocycles. The summed E-state index contributed by atoms with van der Waals surface area (Å²) in [6, 6.07) is 9.37. The Balaban J connectivity index is 2.27. The van der Waals surface area contributed by atoms with Gasteiger partial charge in [0.2, 0.25) is 0 Å². The number of hydrogen-bond donors (Lipinski definition) is 1. The van der Waals surface area contributed by atoms with E-state index < -0.39 is 0 Å². The second kappa shape index (κ2) is 5.29. The van der Waals surface area contributed by atoms with Crippen molar-refractivity contribution in [3.05, 3.63) is 41.0 Å². The summed E-state index contributed by atoms with van der Waals surface area (Å²) in [6.45, 7) is 0. The van der Waals surface area contributed by atoms with Crippen molar-refractivity contribution >= 4 is 27.4 Å². The minimum absolute atomic E-state index is 0.554. The van der Waals surface area contributed by atoms with Crippen molar-refractivity contribution in [3.8, 4) is 22.8 Å². The first kappa shape index (κ1) is 13.8. The van der Waals surface area contributed by atoms with Gasteiger partial charge in [0.05, 0.1) is 14.2 Å². The molecule has 0 saturated carbocycles. The van der Waals surface area contributed by atoms with E-state index in [-0.39, 0.29) is 0 Å². The van der Waals surface area contributed by atoms with E-state index in [2.05, 4.69) is 20.9 Å². The molecule has 6 heteroatoms. The van der Waals surface area contributed by atoms with Gasteiger partial charge in [0.25, 0.3) is 0 Å². The highest BCUT2D eigenvalue weighted by molar-refractivity contribution is 9.10. The number of nitrogens with two attached hydrogens (primary N) is 1. The number of imidazole rings is 1. The van der Waals surface area contributed by atoms with Gasteiger partial charge in [-0.3, -0.25) is 4.40 Å². The molecule has 2 heterocycles. The second-order valence-electron chi connectivity index (χ2n) is 4.49. The molecule has 0 saturated heterocycles. The zero-order valence-electron chi connectivity index (χ0n) is 11.6. The molecule has 108 valence electrons. The van der Waals surface area contributed by atoms with Gasteiger partial charge in [-0.25, -0.2) is 4.98 Å². The standard InChI is InChI=1S/C15H14BrN3O2/c1-20-10-4-5-12(21-2)11(7-10)14-15(17)19-8-9(16)3-6-13(19)18-14/h3-8H,17H2,1-2H3. The van der Waals surface area contributed by atoms with E-state index in [9.17, 15) is 0 Å². The fourth-order valence-electron chi connectivity index (χ4n) is 2.23. The Kier molecular flexibility index (Phi) is 3.47. The molecule has 0 bridgehead atoms. The molecule has 0 spiro atoms. The van der Waals surface area contributed by atoms with Crippen molar-refractivity contribution in [2.24, 2.45) is 0 Å². The van der Waals surface area contributed by atoms with Crippen molar-refractivity contribution in [1.82, 2.24) is 9.38 Å². The molecule has 3 rings (SSSR count). The van der Waals surface area contributed by atoms with Gasteiger partial charge < -0.3 is 15.2 Å². The lowest BCUT2D eigenvalue weighted by Crippen LogP contribution is -1.96. The van der Waals surface area contributed by atoms with Crippen LogP contribution in [0.1, 0.15) is 0 Å². The quantitative estimate of drug-likeness (QED) is 0.788. The van der Waals surface area contributed by atoms with E-state index in [4.69, 9.17) is 15.2 Å². The molecule has 0 radical (unpaired) electrons. The zero-order valence-corrected chi connectivity index (χ0v) is 13.2. The Morgan fingerprint density at radius 2 is 1.95 bits per heavy atom. The minimum Gasteiger partial charge on any atom is -0.497 e. The van der Waals surface area contributed by atoms with Gasteiger partial charge in [-0.2, -0.15) is 0 Å². The van der Waals surface area contributed by atoms with Crippen LogP contribution in [0.4, 0.5) is 5.82 Å². The van der Waals surface area contributed by atoms with E-state index >= 15 is 0 Å². The Morgan fingerprint density at radius 3 is 2.67 bits per heavy atom. The van der Waals surface area contributed by atoms with Crippen molar-refractivity contribution < 1.29 is 9.47 Å². The van der Waals surface area contributed by atoms with Gasteiger partial charge in [-0.1, -0.05) is 0 Å². The van der Waals surface area contributed by atoms with Crippen molar-refractivity contribution in [1.29, 1.82) is 0 Å². The van der Waals surface area contributed by atoms with Crippen LogP contribution in [0, 0.1) is 0 Å². The van der Waals surface area contributed by atoms with Gasteiger partial charge >= 0.3 is 0 Å². The monoisotopic (exact) mass is 347 g/mol. The largest absolute Gasteiger partial charge is 0.497 e. The molecular weight excluding hydrogens is 334 g/mol. The number of fused-ring (bicyclic) bond motifs is 1. The van der Waals surface area contributed by atoms with Crippen LogP contribution in [0.25, 0.3) is 16.9 Å². The topological polar surface area (TPSA) is 61.8 Å². The van der Waals surface area contributed by atoms with E-state index in [1.807, 2.05) is 40.9 Å². The summed E-state index contributed by atoms with van der Waals surface area (Å²) in [5.74, 6) is 1.98. The molecule has 2 N–H and O–H groups in total. The Labute approximate surface area is 130 Å². The molecular formula is C15H14BrN3O2. The Hall–Kier alpha value is -2.21. The number of rotatable bonds is 3. The number of benzene rings is 1. The van der Waals surface area contributed by atoms with Crippen LogP contribution >= 0.6 is 15.9 Å². The number of anilines is 1. The molecule has 0 aliphatic carbocycles. The van der Waals surface area contributed by atoms with E-state index in [1.165, 1.54) is 0 Å². The normalized spacial score (nSPS) is 10.8. The summed E-state index contributed by atoms with van der Waals surface area (Å²) >= 11 is 3.43. The molecule has 2 aromatic heterocycles. The Morgan fingerprint density at radius 1 is 1.14 bits per heavy atom. The third kappa shape index (κ3) is 2.31. The van der Waals surface area contributed by atoms with E-state index in [0.29, 0.717) is 17.3 Å². The molecule has 0 amide bonds. The molecule has 0 atom stereocenters. The van der Waals surface area contributed by atoms with Gasteiger partial charge in [-0.15, -0.1) is 0 Å². The Bertz CT molecular complexity index is 814. The fourth-order valence-corrected chi connectivity index (χ4v) is 2.57. The SMILES string of the molecule is COc1ccc(OC)c(-c2nc3ccc(Br)cn3c2N)c1. The maximum atomic E-state index is 6.24. The van der Waals surface area contributed by atoms with Crippen LogP contribution in [0.2, 0.25) is 0 Å². The first-order chi connectivity index (χ1) is 10.1. The lowest BCUT2D eigenvalue weighted by Gasteiger charge is -2.09. The first-order valence-electron chi connectivity index (χ1n) is 6.29. The highest BCUT2D eigenvalue weighted by atomic mass is 79.9. The van der Waals surface area contributed by atoms with Crippen LogP contribution in [0.3, 0.4) is 0 Å². The van der Waals surface area contributed by atoms with Crippen molar-refractivity contribution in [2.45, 2.75) is 0 Å². The van der Waals surface area contributed by atoms with Crippen molar-refractivity contribution in [2.75, 3.05) is 20.0 Å². The number of pyridine rings is 1. The second-order valence-corrected chi connectivity index (χ2v) is 5.40. The first-order valence-corrected chi connectivity index (χ1v) is 7.09. The number of ether oxygens (including phenoxy) is 2. The van der Waals surface area contributed by atoms with Crippen LogP contribution < -0.4 is 15.2 Å². The predicted octanol–water partition coefficient (Wildman–Crippen LogP) is 3.36. The number of halogens is 1. The summed E-state index contributed by atoms with van der Waals surface area (Å²) in [6.07, 6.45) is 1.88. The highest BCUT2D eigenvalue weighted by Gasteiger charge is 2.16. The number of aromatic nitrogens is 2. The average Bonchev–Trinajstić information content (AvgIpc) is 2.83. The molecule has 0 fully saturated rings. The molecule has 0 aliphatic rings. The number of methoxy groups -OCH3 is 2. The predicted molar refractivity (Wildman–Crippen MR) is 85.8 cm³/mol. The van der Waals surface area contributed by atoms with E-state index in [1.54, 1.807) is 14.2 Å². The molecule has 3 aromatic rings. The van der Waals surface area contributed by atoms with Gasteiger partial charge in [-0.05, 0) is 46.3 Å². The van der Waals surface area contributed by atoms with Gasteiger partial charge in [0.1, 0.15) is 28.7 Å². The lowest BCUT2D eigenvalue weighted by molar-refractivity contribution is 0.404. The summed E-state index contributed by atoms with van der Waals surface area (Å²) in [5.41, 5.74) is 8.48. The van der Waals surface area contributed by atoms with Gasteiger partial charge in [0.15, 0.2) is 0 Å². The van der Waals surface area contributed by atoms with Crippen LogP contribution in [0.5, 0.6) is 11.5 Å². The smallest absolute Gasteiger partial charge is 0.139 e. The average molecular weight is 348 g/mol. The maximum Gasteiger partial charge on any atom is 0.139 e. The van der Waals surface area contributed by atoms with Crippen LogP contribution in [-0.2, 0) is 0 Å². The fraction of sp³-hybridized carbons (Fsp3) is 0.133. The minimum atomic E-state index is 0.554. The maximum absolute atomic E-state index is 6.24. The summed E-state index contributed by atoms with van der Waals surface area (Å²) < 4.78 is 13.4. The molecule has 0 unspecified atom stereocenters. The zero-order chi connectivity index (χ0) is 15.0. The summed E-state index contributed by atoms with van der Waals surface area (Å²) in [4.78, 5) is 4.59. The van der Waals surface area contributed by atoms with Crippen molar-refractivity contribution in [3.63, 3.8) is 0 Å². The molecule has 5 nitrogen and oxygen atoms in total. The third-order valence-corrected chi connectivity index (χ3v) is 3.75. The van der Waals surface area contributed by atoms with Crippen LogP contribution in [0.15, 0.2) is 41.0 Å². The third-order valence-electron chi connectivity index (χ3n) is 3.28. The van der Waals surface area contributed by atoms with Gasteiger partial charge in [0, 0.05) is 16.2 Å². The van der Waals surface area contributed by atoms with E-state index in [0.717, 1.165) is 21.4 Å². The lowest BCUT2D eigenvalue weighted by atomic mass is 10.1. The molecule has 21 heavy (non-hydrogen) atoms. The summed E-state index contributed by atoms with van der Waals surface area (Å²) in [7, 11) is 3.24. The number of hydrogen-bond acceptors (Lipinski definition) is 4. The highest BCUT2D eigenvalue weighted by Crippen LogP contribution is 2.36. The number of nitrogens with zero attached hydrogens (tertiary/aromatic N) is 2. The number of nitrogen functional groups attached to an aromatic ring is 1.